The summed E-state index contributed by atoms with van der Waals surface area (Å²) in [6.07, 6.45) is 5.40. The molecular formula is C22H15FN2O2S. The summed E-state index contributed by atoms with van der Waals surface area (Å²) in [5.41, 5.74) is 0.354. The van der Waals surface area contributed by atoms with Gasteiger partial charge >= 0.3 is 0 Å². The van der Waals surface area contributed by atoms with Crippen LogP contribution in [-0.2, 0) is 11.3 Å². The molecule has 0 aliphatic carbocycles. The summed E-state index contributed by atoms with van der Waals surface area (Å²) in [5, 5.41) is 2.12. The first-order valence-corrected chi connectivity index (χ1v) is 9.38. The predicted molar refractivity (Wildman–Crippen MR) is 109 cm³/mol. The number of carbonyl (C=O) groups excluding carboxylic acids is 1. The summed E-state index contributed by atoms with van der Waals surface area (Å²) >= 11 is 1.21. The second-order valence-electron chi connectivity index (χ2n) is 6.06. The number of amides is 1. The topological polar surface area (TPSA) is 43.6 Å². The lowest BCUT2D eigenvalue weighted by molar-refractivity contribution is -0.120. The number of ether oxygens (including phenoxy) is 1. The first kappa shape index (κ1) is 18.0. The molecule has 0 radical (unpaired) electrons. The van der Waals surface area contributed by atoms with E-state index in [1.807, 2.05) is 42.5 Å². The molecule has 0 saturated carbocycles. The van der Waals surface area contributed by atoms with Gasteiger partial charge in [0.15, 0.2) is 11.4 Å². The van der Waals surface area contributed by atoms with Crippen molar-refractivity contribution in [1.82, 2.24) is 4.57 Å². The van der Waals surface area contributed by atoms with Gasteiger partial charge in [0.05, 0.1) is 16.8 Å². The Morgan fingerprint density at radius 2 is 1.96 bits per heavy atom. The molecule has 0 unspecified atom stereocenters. The molecular weight excluding hydrogens is 375 g/mol. The maximum atomic E-state index is 14.2. The first-order chi connectivity index (χ1) is 13.7. The molecule has 138 valence electrons. The largest absolute Gasteiger partial charge is 0.484 e. The lowest BCUT2D eigenvalue weighted by Crippen LogP contribution is -2.19. The van der Waals surface area contributed by atoms with Crippen LogP contribution in [-0.4, -0.2) is 17.1 Å². The fourth-order valence-corrected chi connectivity index (χ4v) is 4.01. The number of rotatable bonds is 4. The molecule has 0 aliphatic rings. The average molecular weight is 390 g/mol. The molecule has 1 heterocycles. The molecule has 0 aliphatic heterocycles. The maximum absolute atomic E-state index is 14.2. The van der Waals surface area contributed by atoms with E-state index < -0.39 is 11.7 Å². The van der Waals surface area contributed by atoms with Crippen molar-refractivity contribution >= 4 is 38.2 Å². The molecule has 6 heteroatoms. The molecule has 4 aromatic rings. The van der Waals surface area contributed by atoms with E-state index in [1.54, 1.807) is 12.1 Å². The number of aromatic nitrogens is 1. The highest BCUT2D eigenvalue weighted by atomic mass is 32.1. The van der Waals surface area contributed by atoms with Crippen LogP contribution in [0.2, 0.25) is 0 Å². The Hall–Kier alpha value is -3.43. The smallest absolute Gasteiger partial charge is 0.286 e. The molecule has 0 saturated heterocycles. The molecule has 0 N–H and O–H groups in total. The molecule has 0 spiro atoms. The van der Waals surface area contributed by atoms with E-state index in [9.17, 15) is 9.18 Å². The Morgan fingerprint density at radius 1 is 1.14 bits per heavy atom. The summed E-state index contributed by atoms with van der Waals surface area (Å²) in [4.78, 5) is 16.8. The molecule has 0 bridgehead atoms. The number of terminal acetylenes is 1. The summed E-state index contributed by atoms with van der Waals surface area (Å²) in [6.45, 7) is -0.0936. The highest BCUT2D eigenvalue weighted by molar-refractivity contribution is 7.16. The van der Waals surface area contributed by atoms with Crippen LogP contribution in [0.4, 0.5) is 4.39 Å². The number of benzene rings is 3. The molecule has 28 heavy (non-hydrogen) atoms. The van der Waals surface area contributed by atoms with E-state index in [0.29, 0.717) is 20.8 Å². The van der Waals surface area contributed by atoms with Crippen molar-refractivity contribution < 1.29 is 13.9 Å². The van der Waals surface area contributed by atoms with Gasteiger partial charge in [-0.1, -0.05) is 53.7 Å². The summed E-state index contributed by atoms with van der Waals surface area (Å²) < 4.78 is 22.0. The third kappa shape index (κ3) is 3.53. The normalized spacial score (nSPS) is 11.6. The third-order valence-corrected chi connectivity index (χ3v) is 5.25. The van der Waals surface area contributed by atoms with Crippen LogP contribution in [0.15, 0.2) is 65.7 Å². The zero-order valence-corrected chi connectivity index (χ0v) is 15.6. The van der Waals surface area contributed by atoms with Crippen molar-refractivity contribution in [1.29, 1.82) is 0 Å². The fourth-order valence-electron chi connectivity index (χ4n) is 2.95. The maximum Gasteiger partial charge on any atom is 0.286 e. The van der Waals surface area contributed by atoms with Gasteiger partial charge in [0.1, 0.15) is 11.6 Å². The molecule has 4 nitrogen and oxygen atoms in total. The van der Waals surface area contributed by atoms with Gasteiger partial charge in [0.2, 0.25) is 0 Å². The van der Waals surface area contributed by atoms with Gasteiger partial charge in [-0.25, -0.2) is 4.39 Å². The van der Waals surface area contributed by atoms with E-state index in [-0.39, 0.29) is 13.2 Å². The Balaban J connectivity index is 1.60. The van der Waals surface area contributed by atoms with Crippen molar-refractivity contribution in [3.63, 3.8) is 0 Å². The zero-order valence-electron chi connectivity index (χ0n) is 14.8. The Bertz CT molecular complexity index is 1300. The van der Waals surface area contributed by atoms with Gasteiger partial charge in [-0.05, 0) is 35.0 Å². The Morgan fingerprint density at radius 3 is 2.79 bits per heavy atom. The van der Waals surface area contributed by atoms with Crippen molar-refractivity contribution in [2.45, 2.75) is 6.54 Å². The molecule has 0 atom stereocenters. The number of nitrogens with zero attached hydrogens (tertiary/aromatic N) is 2. The lowest BCUT2D eigenvalue weighted by atomic mass is 10.1. The zero-order chi connectivity index (χ0) is 19.5. The number of carbonyl (C=O) groups is 1. The number of halogens is 1. The van der Waals surface area contributed by atoms with E-state index in [0.717, 1.165) is 10.8 Å². The van der Waals surface area contributed by atoms with Crippen LogP contribution in [0.5, 0.6) is 5.75 Å². The number of thiazole rings is 1. The van der Waals surface area contributed by atoms with Gasteiger partial charge in [0, 0.05) is 0 Å². The van der Waals surface area contributed by atoms with Crippen LogP contribution < -0.4 is 9.54 Å². The molecule has 0 fully saturated rings. The SMILES string of the molecule is C#CCn1c(=NC(=O)COc2ccc3ccccc3c2)sc2cccc(F)c21. The lowest BCUT2D eigenvalue weighted by Gasteiger charge is -2.05. The minimum Gasteiger partial charge on any atom is -0.484 e. The van der Waals surface area contributed by atoms with Crippen LogP contribution in [0.25, 0.3) is 21.0 Å². The van der Waals surface area contributed by atoms with Gasteiger partial charge < -0.3 is 9.30 Å². The monoisotopic (exact) mass is 390 g/mol. The van der Waals surface area contributed by atoms with Gasteiger partial charge in [0.25, 0.3) is 5.91 Å². The quantitative estimate of drug-likeness (QED) is 0.492. The van der Waals surface area contributed by atoms with Crippen molar-refractivity contribution in [3.8, 4) is 18.1 Å². The minimum absolute atomic E-state index is 0.124. The Labute approximate surface area is 164 Å². The van der Waals surface area contributed by atoms with E-state index >= 15 is 0 Å². The first-order valence-electron chi connectivity index (χ1n) is 8.56. The Kier molecular flexibility index (Phi) is 4.92. The number of fused-ring (bicyclic) bond motifs is 2. The van der Waals surface area contributed by atoms with Crippen molar-refractivity contribution in [2.24, 2.45) is 4.99 Å². The number of hydrogen-bond donors (Lipinski definition) is 0. The van der Waals surface area contributed by atoms with Gasteiger partial charge in [-0.3, -0.25) is 4.79 Å². The van der Waals surface area contributed by atoms with Crippen LogP contribution in [0.1, 0.15) is 0 Å². The minimum atomic E-state index is -0.467. The standard InChI is InChI=1S/C22H15FN2O2S/c1-2-12-25-21-18(23)8-5-9-19(21)28-22(25)24-20(26)14-27-17-11-10-15-6-3-4-7-16(15)13-17/h1,3-11,13H,12,14H2. The third-order valence-electron chi connectivity index (χ3n) is 4.20. The van der Waals surface area contributed by atoms with Gasteiger partial charge in [-0.15, -0.1) is 6.42 Å². The molecule has 3 aromatic carbocycles. The highest BCUT2D eigenvalue weighted by Gasteiger charge is 2.11. The van der Waals surface area contributed by atoms with E-state index in [1.165, 1.54) is 22.0 Å². The number of para-hydroxylation sites is 1. The summed E-state index contributed by atoms with van der Waals surface area (Å²) in [6, 6.07) is 18.2. The number of hydrogen-bond acceptors (Lipinski definition) is 3. The molecule has 1 amide bonds. The van der Waals surface area contributed by atoms with Crippen molar-refractivity contribution in [3.05, 3.63) is 71.3 Å². The van der Waals surface area contributed by atoms with Crippen LogP contribution in [0.3, 0.4) is 0 Å². The van der Waals surface area contributed by atoms with Crippen molar-refractivity contribution in [2.75, 3.05) is 6.61 Å². The van der Waals surface area contributed by atoms with Crippen LogP contribution >= 0.6 is 11.3 Å². The summed E-state index contributed by atoms with van der Waals surface area (Å²) in [5.74, 6) is 2.20. The van der Waals surface area contributed by atoms with Gasteiger partial charge in [-0.2, -0.15) is 4.99 Å². The highest BCUT2D eigenvalue weighted by Crippen LogP contribution is 2.21. The molecule has 1 aromatic heterocycles. The predicted octanol–water partition coefficient (Wildman–Crippen LogP) is 4.13. The second kappa shape index (κ2) is 7.67. The van der Waals surface area contributed by atoms with E-state index in [2.05, 4.69) is 10.9 Å². The van der Waals surface area contributed by atoms with Crippen LogP contribution in [0, 0.1) is 18.2 Å². The summed E-state index contributed by atoms with van der Waals surface area (Å²) in [7, 11) is 0. The molecule has 4 rings (SSSR count). The average Bonchev–Trinajstić information content (AvgIpc) is 3.05. The fraction of sp³-hybridized carbons (Fsp3) is 0.0909. The van der Waals surface area contributed by atoms with E-state index in [4.69, 9.17) is 11.2 Å². The second-order valence-corrected chi connectivity index (χ2v) is 7.07.